The van der Waals surface area contributed by atoms with Crippen LogP contribution in [-0.4, -0.2) is 34.3 Å². The summed E-state index contributed by atoms with van der Waals surface area (Å²) in [4.78, 5) is 8.20. The first kappa shape index (κ1) is 22.0. The molecule has 2 aromatic heterocycles. The molecule has 4 rings (SSSR count). The van der Waals surface area contributed by atoms with E-state index in [9.17, 15) is 4.39 Å². The largest absolute Gasteiger partial charge is 0.453 e. The lowest BCUT2D eigenvalue weighted by molar-refractivity contribution is 0.440. The van der Waals surface area contributed by atoms with E-state index in [0.29, 0.717) is 24.8 Å². The van der Waals surface area contributed by atoms with Gasteiger partial charge in [-0.1, -0.05) is 18.2 Å². The lowest BCUT2D eigenvalue weighted by atomic mass is 10.1. The van der Waals surface area contributed by atoms with Crippen LogP contribution in [0.15, 0.2) is 90.4 Å². The van der Waals surface area contributed by atoms with E-state index < -0.39 is 5.82 Å². The second kappa shape index (κ2) is 10.9. The Labute approximate surface area is 192 Å². The molecular formula is C25H25FN6O. The molecule has 0 bridgehead atoms. The van der Waals surface area contributed by atoms with E-state index >= 15 is 0 Å². The Bertz CT molecular complexity index is 1180. The van der Waals surface area contributed by atoms with Gasteiger partial charge >= 0.3 is 0 Å². The highest BCUT2D eigenvalue weighted by Gasteiger charge is 2.07. The number of nitrogens with zero attached hydrogens (tertiary/aromatic N) is 4. The van der Waals surface area contributed by atoms with Crippen LogP contribution in [0.25, 0.3) is 5.69 Å². The van der Waals surface area contributed by atoms with Crippen molar-refractivity contribution in [2.45, 2.75) is 13.0 Å². The zero-order valence-corrected chi connectivity index (χ0v) is 18.3. The fourth-order valence-electron chi connectivity index (χ4n) is 3.24. The molecule has 0 radical (unpaired) electrons. The maximum absolute atomic E-state index is 14.4. The summed E-state index contributed by atoms with van der Waals surface area (Å²) >= 11 is 0. The monoisotopic (exact) mass is 444 g/mol. The van der Waals surface area contributed by atoms with Gasteiger partial charge < -0.3 is 15.4 Å². The molecular weight excluding hydrogens is 419 g/mol. The summed E-state index contributed by atoms with van der Waals surface area (Å²) in [7, 11) is 1.71. The highest BCUT2D eigenvalue weighted by atomic mass is 19.1. The third-order valence-corrected chi connectivity index (χ3v) is 4.95. The Morgan fingerprint density at radius 3 is 2.58 bits per heavy atom. The van der Waals surface area contributed by atoms with Gasteiger partial charge in [0.1, 0.15) is 5.75 Å². The fraction of sp³-hybridized carbons (Fsp3) is 0.160. The summed E-state index contributed by atoms with van der Waals surface area (Å²) in [5.41, 5.74) is 3.02. The Kier molecular flexibility index (Phi) is 7.27. The number of benzene rings is 2. The van der Waals surface area contributed by atoms with Gasteiger partial charge in [-0.15, -0.1) is 0 Å². The van der Waals surface area contributed by atoms with Gasteiger partial charge in [0.2, 0.25) is 0 Å². The van der Waals surface area contributed by atoms with Crippen LogP contribution in [0.2, 0.25) is 0 Å². The Balaban J connectivity index is 1.24. The molecule has 0 amide bonds. The Morgan fingerprint density at radius 2 is 1.88 bits per heavy atom. The predicted molar refractivity (Wildman–Crippen MR) is 126 cm³/mol. The molecule has 0 aliphatic heterocycles. The van der Waals surface area contributed by atoms with Crippen LogP contribution in [0.4, 0.5) is 4.39 Å². The number of aliphatic imine (C=N–C) groups is 1. The minimum Gasteiger partial charge on any atom is -0.453 e. The predicted octanol–water partition coefficient (Wildman–Crippen LogP) is 4.11. The van der Waals surface area contributed by atoms with Crippen molar-refractivity contribution in [3.63, 3.8) is 0 Å². The number of pyridine rings is 1. The zero-order valence-electron chi connectivity index (χ0n) is 18.3. The van der Waals surface area contributed by atoms with Gasteiger partial charge in [0.15, 0.2) is 17.5 Å². The van der Waals surface area contributed by atoms with Crippen molar-refractivity contribution in [2.24, 2.45) is 4.99 Å². The Hall–Kier alpha value is -4.20. The molecule has 0 saturated carbocycles. The zero-order chi connectivity index (χ0) is 22.9. The van der Waals surface area contributed by atoms with Crippen molar-refractivity contribution in [2.75, 3.05) is 13.6 Å². The topological polar surface area (TPSA) is 76.4 Å². The molecule has 0 aliphatic carbocycles. The molecule has 2 aromatic carbocycles. The smallest absolute Gasteiger partial charge is 0.191 e. The van der Waals surface area contributed by atoms with Gasteiger partial charge in [-0.3, -0.25) is 9.98 Å². The number of ether oxygens (including phenoxy) is 1. The maximum atomic E-state index is 14.4. The van der Waals surface area contributed by atoms with Crippen molar-refractivity contribution in [1.29, 1.82) is 0 Å². The molecule has 0 saturated heterocycles. The van der Waals surface area contributed by atoms with Crippen LogP contribution < -0.4 is 15.4 Å². The van der Waals surface area contributed by atoms with E-state index in [-0.39, 0.29) is 5.75 Å². The second-order valence-corrected chi connectivity index (χ2v) is 7.28. The first-order valence-corrected chi connectivity index (χ1v) is 10.6. The normalized spacial score (nSPS) is 11.3. The van der Waals surface area contributed by atoms with Crippen LogP contribution >= 0.6 is 0 Å². The number of aromatic nitrogens is 3. The number of rotatable bonds is 8. The molecule has 168 valence electrons. The minimum absolute atomic E-state index is 0.160. The third-order valence-electron chi connectivity index (χ3n) is 4.95. The lowest BCUT2D eigenvalue weighted by Gasteiger charge is -2.13. The molecule has 2 heterocycles. The van der Waals surface area contributed by atoms with Crippen LogP contribution in [0.1, 0.15) is 11.1 Å². The van der Waals surface area contributed by atoms with Crippen molar-refractivity contribution >= 4 is 5.96 Å². The molecule has 7 nitrogen and oxygen atoms in total. The van der Waals surface area contributed by atoms with Crippen molar-refractivity contribution in [1.82, 2.24) is 25.4 Å². The molecule has 2 N–H and O–H groups in total. The highest BCUT2D eigenvalue weighted by Crippen LogP contribution is 2.24. The average Bonchev–Trinajstić information content (AvgIpc) is 3.39. The minimum atomic E-state index is -0.431. The van der Waals surface area contributed by atoms with Gasteiger partial charge in [-0.25, -0.2) is 9.07 Å². The van der Waals surface area contributed by atoms with Crippen molar-refractivity contribution < 1.29 is 9.13 Å². The van der Waals surface area contributed by atoms with E-state index in [4.69, 9.17) is 4.74 Å². The summed E-state index contributed by atoms with van der Waals surface area (Å²) in [6.07, 6.45) is 7.69. The quantitative estimate of drug-likeness (QED) is 0.316. The van der Waals surface area contributed by atoms with E-state index in [1.165, 1.54) is 11.6 Å². The van der Waals surface area contributed by atoms with Crippen LogP contribution in [0, 0.1) is 5.82 Å². The van der Waals surface area contributed by atoms with E-state index in [1.54, 1.807) is 43.8 Å². The van der Waals surface area contributed by atoms with Gasteiger partial charge in [0.05, 0.1) is 11.9 Å². The standard InChI is InChI=1S/C25H25FN6O/c1-27-25(29-14-11-19-5-8-21(9-6-19)32-15-3-13-31-32)30-17-20-7-10-24(23(26)16-20)33-22-4-2-12-28-18-22/h2-10,12-13,15-16,18H,11,14,17H2,1H3,(H2,27,29,30). The van der Waals surface area contributed by atoms with Crippen LogP contribution in [0.5, 0.6) is 11.5 Å². The van der Waals surface area contributed by atoms with E-state index in [1.807, 2.05) is 35.1 Å². The number of hydrogen-bond donors (Lipinski definition) is 2. The maximum Gasteiger partial charge on any atom is 0.191 e. The van der Waals surface area contributed by atoms with E-state index in [2.05, 4.69) is 37.8 Å². The number of hydrogen-bond acceptors (Lipinski definition) is 4. The van der Waals surface area contributed by atoms with Crippen molar-refractivity contribution in [3.8, 4) is 17.2 Å². The van der Waals surface area contributed by atoms with Crippen LogP contribution in [-0.2, 0) is 13.0 Å². The molecule has 8 heteroatoms. The van der Waals surface area contributed by atoms with Gasteiger partial charge in [-0.05, 0) is 60.0 Å². The molecule has 0 spiro atoms. The Morgan fingerprint density at radius 1 is 1.03 bits per heavy atom. The molecule has 0 atom stereocenters. The molecule has 33 heavy (non-hydrogen) atoms. The average molecular weight is 445 g/mol. The molecule has 4 aromatic rings. The summed E-state index contributed by atoms with van der Waals surface area (Å²) < 4.78 is 21.8. The first-order chi connectivity index (χ1) is 16.2. The summed E-state index contributed by atoms with van der Waals surface area (Å²) in [6.45, 7) is 1.15. The van der Waals surface area contributed by atoms with Gasteiger partial charge in [-0.2, -0.15) is 5.10 Å². The lowest BCUT2D eigenvalue weighted by Crippen LogP contribution is -2.37. The highest BCUT2D eigenvalue weighted by molar-refractivity contribution is 5.79. The molecule has 0 fully saturated rings. The SMILES string of the molecule is CN=C(NCCc1ccc(-n2cccn2)cc1)NCc1ccc(Oc2cccnc2)c(F)c1. The summed E-state index contributed by atoms with van der Waals surface area (Å²) in [6, 6.07) is 18.5. The van der Waals surface area contributed by atoms with Crippen LogP contribution in [0.3, 0.4) is 0 Å². The number of halogens is 1. The fourth-order valence-corrected chi connectivity index (χ4v) is 3.24. The number of nitrogens with one attached hydrogen (secondary N) is 2. The van der Waals surface area contributed by atoms with Gasteiger partial charge in [0, 0.05) is 38.7 Å². The van der Waals surface area contributed by atoms with Crippen molar-refractivity contribution in [3.05, 3.63) is 102 Å². The first-order valence-electron chi connectivity index (χ1n) is 10.6. The third kappa shape index (κ3) is 6.16. The molecule has 0 aliphatic rings. The number of guanidine groups is 1. The van der Waals surface area contributed by atoms with E-state index in [0.717, 1.165) is 17.7 Å². The summed E-state index contributed by atoms with van der Waals surface area (Å²) in [5.74, 6) is 0.870. The summed E-state index contributed by atoms with van der Waals surface area (Å²) in [5, 5.41) is 10.7. The van der Waals surface area contributed by atoms with Gasteiger partial charge in [0.25, 0.3) is 0 Å². The second-order valence-electron chi connectivity index (χ2n) is 7.28. The molecule has 0 unspecified atom stereocenters.